The third-order valence-corrected chi connectivity index (χ3v) is 2.30. The number of hydrogen-bond donors (Lipinski definition) is 2. The number of nitrogens with one attached hydrogen (secondary N) is 1. The molecule has 1 aromatic carbocycles. The van der Waals surface area contributed by atoms with Gasteiger partial charge in [-0.05, 0) is 5.56 Å². The van der Waals surface area contributed by atoms with Crippen molar-refractivity contribution in [3.05, 3.63) is 41.5 Å². The Morgan fingerprint density at radius 2 is 2.00 bits per heavy atom. The van der Waals surface area contributed by atoms with Crippen LogP contribution in [0.15, 0.2) is 35.9 Å². The molecule has 1 rings (SSSR count). The predicted octanol–water partition coefficient (Wildman–Crippen LogP) is 1.15. The van der Waals surface area contributed by atoms with E-state index in [0.717, 1.165) is 0 Å². The Balaban J connectivity index is 3.24. The maximum absolute atomic E-state index is 11.3. The van der Waals surface area contributed by atoms with Crippen molar-refractivity contribution in [3.63, 3.8) is 0 Å². The topological polar surface area (TPSA) is 105 Å². The zero-order chi connectivity index (χ0) is 14.3. The fourth-order valence-corrected chi connectivity index (χ4v) is 1.45. The molecule has 2 amide bonds. The molecule has 0 unspecified atom stereocenters. The molecule has 6 heteroatoms. The summed E-state index contributed by atoms with van der Waals surface area (Å²) in [4.78, 5) is 22.3. The van der Waals surface area contributed by atoms with Gasteiger partial charge < -0.3 is 15.8 Å². The molecule has 0 heterocycles. The zero-order valence-corrected chi connectivity index (χ0v) is 10.3. The molecule has 0 aliphatic carbocycles. The van der Waals surface area contributed by atoms with Crippen LogP contribution in [0.3, 0.4) is 0 Å². The van der Waals surface area contributed by atoms with Crippen LogP contribution in [0.1, 0.15) is 12.0 Å². The van der Waals surface area contributed by atoms with E-state index in [0.29, 0.717) is 5.56 Å². The molecule has 0 radical (unpaired) electrons. The molecule has 98 valence electrons. The first kappa shape index (κ1) is 14.3. The van der Waals surface area contributed by atoms with Crippen LogP contribution >= 0.6 is 0 Å². The molecule has 0 atom stereocenters. The number of benzene rings is 1. The van der Waals surface area contributed by atoms with Gasteiger partial charge in [-0.1, -0.05) is 30.3 Å². The van der Waals surface area contributed by atoms with E-state index in [9.17, 15) is 9.59 Å². The minimum Gasteiger partial charge on any atom is -0.469 e. The number of amides is 2. The number of nitrogens with two attached hydrogens (primary N) is 1. The van der Waals surface area contributed by atoms with E-state index in [2.05, 4.69) is 10.1 Å². The normalized spacial score (nSPS) is 10.9. The van der Waals surface area contributed by atoms with Crippen molar-refractivity contribution in [1.29, 1.82) is 5.26 Å². The van der Waals surface area contributed by atoms with Crippen molar-refractivity contribution in [3.8, 4) is 6.07 Å². The summed E-state index contributed by atoms with van der Waals surface area (Å²) in [6.07, 6.45) is -0.239. The lowest BCUT2D eigenvalue weighted by atomic mass is 10.0. The van der Waals surface area contributed by atoms with E-state index in [1.165, 1.54) is 7.11 Å². The number of carbonyl (C=O) groups excluding carboxylic acids is 2. The van der Waals surface area contributed by atoms with Gasteiger partial charge in [0.25, 0.3) is 0 Å². The molecule has 0 spiro atoms. The van der Waals surface area contributed by atoms with Crippen LogP contribution in [-0.2, 0) is 9.53 Å². The van der Waals surface area contributed by atoms with E-state index in [1.807, 2.05) is 6.07 Å². The second-order valence-corrected chi connectivity index (χ2v) is 3.57. The molecule has 0 fully saturated rings. The second-order valence-electron chi connectivity index (χ2n) is 3.57. The molecule has 0 saturated carbocycles. The van der Waals surface area contributed by atoms with E-state index < -0.39 is 12.0 Å². The highest BCUT2D eigenvalue weighted by molar-refractivity contribution is 5.88. The van der Waals surface area contributed by atoms with E-state index in [1.54, 1.807) is 30.3 Å². The predicted molar refractivity (Wildman–Crippen MR) is 68.3 cm³/mol. The van der Waals surface area contributed by atoms with Gasteiger partial charge in [-0.15, -0.1) is 0 Å². The third-order valence-electron chi connectivity index (χ3n) is 2.30. The minimum absolute atomic E-state index is 0.0804. The van der Waals surface area contributed by atoms with E-state index in [-0.39, 0.29) is 17.7 Å². The van der Waals surface area contributed by atoms with Crippen molar-refractivity contribution in [2.75, 3.05) is 7.11 Å². The number of rotatable bonds is 4. The fourth-order valence-electron chi connectivity index (χ4n) is 1.45. The zero-order valence-electron chi connectivity index (χ0n) is 10.3. The lowest BCUT2D eigenvalue weighted by molar-refractivity contribution is -0.139. The molecule has 1 aromatic rings. The number of methoxy groups -OCH3 is 1. The van der Waals surface area contributed by atoms with E-state index >= 15 is 0 Å². The van der Waals surface area contributed by atoms with Crippen LogP contribution < -0.4 is 11.1 Å². The summed E-state index contributed by atoms with van der Waals surface area (Å²) in [5.41, 5.74) is 5.95. The monoisotopic (exact) mass is 259 g/mol. The average molecular weight is 259 g/mol. The van der Waals surface area contributed by atoms with Crippen LogP contribution in [0.4, 0.5) is 4.79 Å². The molecular weight excluding hydrogens is 246 g/mol. The number of urea groups is 1. The van der Waals surface area contributed by atoms with E-state index in [4.69, 9.17) is 11.0 Å². The maximum atomic E-state index is 11.3. The van der Waals surface area contributed by atoms with Gasteiger partial charge in [0.15, 0.2) is 0 Å². The van der Waals surface area contributed by atoms with Crippen LogP contribution in [0.25, 0.3) is 5.70 Å². The van der Waals surface area contributed by atoms with Crippen LogP contribution in [0.2, 0.25) is 0 Å². The summed E-state index contributed by atoms with van der Waals surface area (Å²) in [6.45, 7) is 0. The SMILES string of the molecule is COC(=O)C/C(C#N)=C(\NC(N)=O)c1ccccc1. The smallest absolute Gasteiger partial charge is 0.316 e. The van der Waals surface area contributed by atoms with Crippen LogP contribution in [0, 0.1) is 11.3 Å². The number of nitriles is 1. The lowest BCUT2D eigenvalue weighted by Gasteiger charge is -2.10. The highest BCUT2D eigenvalue weighted by Gasteiger charge is 2.14. The standard InChI is InChI=1S/C13H13N3O3/c1-19-11(17)7-10(8-14)12(16-13(15)18)9-5-3-2-4-6-9/h2-6H,7H2,1H3,(H3,15,16,18)/b12-10+. The largest absolute Gasteiger partial charge is 0.469 e. The Morgan fingerprint density at radius 1 is 1.37 bits per heavy atom. The van der Waals surface area contributed by atoms with Crippen molar-refractivity contribution in [2.45, 2.75) is 6.42 Å². The molecule has 0 aliphatic rings. The highest BCUT2D eigenvalue weighted by atomic mass is 16.5. The van der Waals surface area contributed by atoms with Crippen molar-refractivity contribution in [2.24, 2.45) is 5.73 Å². The van der Waals surface area contributed by atoms with Crippen molar-refractivity contribution in [1.82, 2.24) is 5.32 Å². The first-order valence-electron chi connectivity index (χ1n) is 5.40. The fraction of sp³-hybridized carbons (Fsp3) is 0.154. The number of primary amides is 1. The lowest BCUT2D eigenvalue weighted by Crippen LogP contribution is -2.29. The molecule has 6 nitrogen and oxygen atoms in total. The summed E-state index contributed by atoms with van der Waals surface area (Å²) in [5, 5.41) is 11.5. The molecule has 0 bridgehead atoms. The van der Waals surface area contributed by atoms with Gasteiger partial charge in [-0.2, -0.15) is 5.26 Å². The Labute approximate surface area is 110 Å². The molecule has 3 N–H and O–H groups in total. The molecule has 0 aliphatic heterocycles. The van der Waals surface area contributed by atoms with Crippen molar-refractivity contribution < 1.29 is 14.3 Å². The minimum atomic E-state index is -0.809. The first-order chi connectivity index (χ1) is 9.08. The van der Waals surface area contributed by atoms with Gasteiger partial charge in [0.1, 0.15) is 0 Å². The first-order valence-corrected chi connectivity index (χ1v) is 5.40. The Morgan fingerprint density at radius 3 is 2.47 bits per heavy atom. The maximum Gasteiger partial charge on any atom is 0.316 e. The second kappa shape index (κ2) is 6.81. The van der Waals surface area contributed by atoms with Gasteiger partial charge in [-0.3, -0.25) is 4.79 Å². The Hall–Kier alpha value is -2.81. The molecule has 0 aromatic heterocycles. The molecule has 19 heavy (non-hydrogen) atoms. The van der Waals surface area contributed by atoms with Crippen LogP contribution in [0.5, 0.6) is 0 Å². The number of ether oxygens (including phenoxy) is 1. The summed E-state index contributed by atoms with van der Waals surface area (Å²) < 4.78 is 4.51. The van der Waals surface area contributed by atoms with Gasteiger partial charge in [0.05, 0.1) is 30.9 Å². The number of nitrogens with zero attached hydrogens (tertiary/aromatic N) is 1. The Kier molecular flexibility index (Phi) is 5.11. The number of hydrogen-bond acceptors (Lipinski definition) is 4. The average Bonchev–Trinajstić information content (AvgIpc) is 2.43. The van der Waals surface area contributed by atoms with Gasteiger partial charge >= 0.3 is 12.0 Å². The summed E-state index contributed by atoms with van der Waals surface area (Å²) >= 11 is 0. The van der Waals surface area contributed by atoms with Crippen molar-refractivity contribution >= 4 is 17.7 Å². The quantitative estimate of drug-likeness (QED) is 0.625. The Bertz CT molecular complexity index is 544. The third kappa shape index (κ3) is 4.16. The summed E-state index contributed by atoms with van der Waals surface area (Å²) in [6, 6.07) is 9.73. The summed E-state index contributed by atoms with van der Waals surface area (Å²) in [7, 11) is 1.22. The molecular formula is C13H13N3O3. The summed E-state index contributed by atoms with van der Waals surface area (Å²) in [5.74, 6) is -0.573. The van der Waals surface area contributed by atoms with Gasteiger partial charge in [0, 0.05) is 0 Å². The number of carbonyl (C=O) groups is 2. The van der Waals surface area contributed by atoms with Gasteiger partial charge in [0.2, 0.25) is 0 Å². The highest BCUT2D eigenvalue weighted by Crippen LogP contribution is 2.18. The molecule has 0 saturated heterocycles. The number of esters is 1. The van der Waals surface area contributed by atoms with Crippen LogP contribution in [-0.4, -0.2) is 19.1 Å². The van der Waals surface area contributed by atoms with Gasteiger partial charge in [-0.25, -0.2) is 4.79 Å².